The summed E-state index contributed by atoms with van der Waals surface area (Å²) in [4.78, 5) is 6.90. The molecule has 4 heterocycles. The Labute approximate surface area is 203 Å². The Kier molecular flexibility index (Phi) is 5.60. The second-order valence-electron chi connectivity index (χ2n) is 9.49. The van der Waals surface area contributed by atoms with Gasteiger partial charge in [0.15, 0.2) is 11.5 Å². The van der Waals surface area contributed by atoms with Crippen LogP contribution in [0.1, 0.15) is 24.4 Å². The number of piperazine rings is 1. The molecule has 6 nitrogen and oxygen atoms in total. The zero-order valence-corrected chi connectivity index (χ0v) is 19.7. The molecule has 0 spiro atoms. The average molecular weight is 475 g/mol. The summed E-state index contributed by atoms with van der Waals surface area (Å²) >= 11 is 0. The minimum atomic E-state index is -0.412. The number of nitrogens with zero attached hydrogens (tertiary/aromatic N) is 6. The van der Waals surface area contributed by atoms with Crippen LogP contribution in [0.3, 0.4) is 0 Å². The molecule has 2 aliphatic heterocycles. The molecule has 0 amide bonds. The number of anilines is 2. The monoisotopic (exact) mass is 474 g/mol. The van der Waals surface area contributed by atoms with Gasteiger partial charge in [-0.3, -0.25) is 4.40 Å². The number of hydrogen-bond donors (Lipinski definition) is 0. The summed E-state index contributed by atoms with van der Waals surface area (Å²) < 4.78 is 30.4. The number of benzene rings is 2. The number of fused-ring (bicyclic) bond motifs is 1. The van der Waals surface area contributed by atoms with Crippen LogP contribution < -0.4 is 9.80 Å². The minimum Gasteiger partial charge on any atom is -0.369 e. The first kappa shape index (κ1) is 22.0. The van der Waals surface area contributed by atoms with E-state index in [0.717, 1.165) is 68.3 Å². The topological polar surface area (TPSA) is 39.9 Å². The lowest BCUT2D eigenvalue weighted by atomic mass is 10.0. The van der Waals surface area contributed by atoms with Gasteiger partial charge in [0.1, 0.15) is 11.6 Å². The fourth-order valence-corrected chi connectivity index (χ4v) is 5.30. The number of hydrogen-bond acceptors (Lipinski definition) is 5. The maximum atomic E-state index is 14.6. The van der Waals surface area contributed by atoms with E-state index in [2.05, 4.69) is 56.2 Å². The second-order valence-corrected chi connectivity index (χ2v) is 9.49. The van der Waals surface area contributed by atoms with Crippen LogP contribution in [0, 0.1) is 11.6 Å². The Morgan fingerprint density at radius 1 is 0.829 bits per heavy atom. The zero-order chi connectivity index (χ0) is 23.9. The molecular formula is C27H28F2N6. The molecule has 2 aromatic carbocycles. The Balaban J connectivity index is 1.30. The molecule has 2 aliphatic rings. The van der Waals surface area contributed by atoms with Gasteiger partial charge < -0.3 is 14.7 Å². The van der Waals surface area contributed by atoms with Crippen molar-refractivity contribution < 1.29 is 8.78 Å². The summed E-state index contributed by atoms with van der Waals surface area (Å²) in [6.45, 7) is 4.96. The lowest BCUT2D eigenvalue weighted by molar-refractivity contribution is 0.313. The summed E-state index contributed by atoms with van der Waals surface area (Å²) in [7, 11) is 2.16. The van der Waals surface area contributed by atoms with Crippen LogP contribution in [0.25, 0.3) is 17.0 Å². The van der Waals surface area contributed by atoms with Crippen molar-refractivity contribution in [2.75, 3.05) is 49.6 Å². The highest BCUT2D eigenvalue weighted by atomic mass is 19.1. The molecule has 0 aliphatic carbocycles. The highest BCUT2D eigenvalue weighted by Gasteiger charge is 2.29. The molecule has 2 saturated heterocycles. The molecule has 35 heavy (non-hydrogen) atoms. The Morgan fingerprint density at radius 2 is 1.60 bits per heavy atom. The molecule has 2 aromatic heterocycles. The molecule has 180 valence electrons. The summed E-state index contributed by atoms with van der Waals surface area (Å²) in [5, 5.41) is 8.81. The predicted molar refractivity (Wildman–Crippen MR) is 134 cm³/mol. The Hall–Kier alpha value is -3.52. The number of pyridine rings is 1. The van der Waals surface area contributed by atoms with Crippen LogP contribution in [-0.2, 0) is 0 Å². The van der Waals surface area contributed by atoms with E-state index in [1.54, 1.807) is 0 Å². The zero-order valence-electron chi connectivity index (χ0n) is 19.7. The lowest BCUT2D eigenvalue weighted by Crippen LogP contribution is -2.44. The molecule has 1 atom stereocenters. The van der Waals surface area contributed by atoms with E-state index in [1.165, 1.54) is 23.9 Å². The summed E-state index contributed by atoms with van der Waals surface area (Å²) in [5.74, 6) is -0.0147. The molecule has 6 rings (SSSR count). The van der Waals surface area contributed by atoms with Gasteiger partial charge >= 0.3 is 0 Å². The number of rotatable bonds is 4. The van der Waals surface area contributed by atoms with Gasteiger partial charge in [-0.25, -0.2) is 8.78 Å². The van der Waals surface area contributed by atoms with Gasteiger partial charge in [0.25, 0.3) is 0 Å². The van der Waals surface area contributed by atoms with Crippen molar-refractivity contribution in [3.8, 4) is 11.4 Å². The van der Waals surface area contributed by atoms with E-state index in [-0.39, 0.29) is 11.9 Å². The number of aromatic nitrogens is 3. The first-order chi connectivity index (χ1) is 17.1. The first-order valence-electron chi connectivity index (χ1n) is 12.2. The molecule has 2 fully saturated rings. The highest BCUT2D eigenvalue weighted by molar-refractivity contribution is 5.65. The molecular weight excluding hydrogens is 446 g/mol. The van der Waals surface area contributed by atoms with Crippen molar-refractivity contribution in [1.82, 2.24) is 19.5 Å². The average Bonchev–Trinajstić information content (AvgIpc) is 3.53. The van der Waals surface area contributed by atoms with E-state index in [9.17, 15) is 8.78 Å². The third-order valence-electron chi connectivity index (χ3n) is 7.28. The SMILES string of the molecule is CN1CCN(c2ccc(-c3nnc4ccc(N5CCC[C@@H]5c5cc(F)ccc5F)cn34)cc2)CC1. The van der Waals surface area contributed by atoms with Gasteiger partial charge in [-0.1, -0.05) is 0 Å². The molecule has 0 N–H and O–H groups in total. The molecule has 0 radical (unpaired) electrons. The largest absolute Gasteiger partial charge is 0.369 e. The van der Waals surface area contributed by atoms with Gasteiger partial charge in [0, 0.05) is 55.7 Å². The summed E-state index contributed by atoms with van der Waals surface area (Å²) in [6, 6.07) is 15.9. The fraction of sp³-hybridized carbons (Fsp3) is 0.333. The number of halogens is 2. The highest BCUT2D eigenvalue weighted by Crippen LogP contribution is 2.38. The van der Waals surface area contributed by atoms with Crippen molar-refractivity contribution in [2.24, 2.45) is 0 Å². The molecule has 8 heteroatoms. The molecule has 0 bridgehead atoms. The van der Waals surface area contributed by atoms with Crippen molar-refractivity contribution >= 4 is 17.0 Å². The molecule has 0 saturated carbocycles. The fourth-order valence-electron chi connectivity index (χ4n) is 5.30. The Bertz CT molecular complexity index is 1340. The van der Waals surface area contributed by atoms with E-state index in [1.807, 2.05) is 22.7 Å². The minimum absolute atomic E-state index is 0.203. The first-order valence-corrected chi connectivity index (χ1v) is 12.2. The van der Waals surface area contributed by atoms with Crippen LogP contribution in [0.5, 0.6) is 0 Å². The maximum absolute atomic E-state index is 14.6. The second kappa shape index (κ2) is 8.92. The van der Waals surface area contributed by atoms with Crippen LogP contribution in [-0.4, -0.2) is 59.3 Å². The smallest absolute Gasteiger partial charge is 0.168 e. The van der Waals surface area contributed by atoms with Crippen LogP contribution in [0.15, 0.2) is 60.8 Å². The van der Waals surface area contributed by atoms with Gasteiger partial charge in [0.05, 0.1) is 11.7 Å². The van der Waals surface area contributed by atoms with E-state index >= 15 is 0 Å². The van der Waals surface area contributed by atoms with E-state index in [4.69, 9.17) is 0 Å². The molecule has 4 aromatic rings. The third-order valence-corrected chi connectivity index (χ3v) is 7.28. The van der Waals surface area contributed by atoms with Crippen molar-refractivity contribution in [2.45, 2.75) is 18.9 Å². The van der Waals surface area contributed by atoms with Gasteiger partial charge in [-0.15, -0.1) is 10.2 Å². The van der Waals surface area contributed by atoms with Crippen LogP contribution >= 0.6 is 0 Å². The maximum Gasteiger partial charge on any atom is 0.168 e. The van der Waals surface area contributed by atoms with Gasteiger partial charge in [-0.05, 0) is 74.5 Å². The normalized spacial score (nSPS) is 19.1. The van der Waals surface area contributed by atoms with E-state index < -0.39 is 5.82 Å². The third kappa shape index (κ3) is 4.12. The van der Waals surface area contributed by atoms with E-state index in [0.29, 0.717) is 5.56 Å². The van der Waals surface area contributed by atoms with Crippen molar-refractivity contribution in [3.63, 3.8) is 0 Å². The molecule has 0 unspecified atom stereocenters. The van der Waals surface area contributed by atoms with Crippen LogP contribution in [0.2, 0.25) is 0 Å². The van der Waals surface area contributed by atoms with Crippen molar-refractivity contribution in [3.05, 3.63) is 78.0 Å². The summed E-state index contributed by atoms with van der Waals surface area (Å²) in [6.07, 6.45) is 3.71. The van der Waals surface area contributed by atoms with Gasteiger partial charge in [-0.2, -0.15) is 0 Å². The predicted octanol–water partition coefficient (Wildman–Crippen LogP) is 4.77. The van der Waals surface area contributed by atoms with Gasteiger partial charge in [0.2, 0.25) is 0 Å². The number of likely N-dealkylation sites (N-methyl/N-ethyl adjacent to an activating group) is 1. The van der Waals surface area contributed by atoms with Crippen LogP contribution in [0.4, 0.5) is 20.2 Å². The summed E-state index contributed by atoms with van der Waals surface area (Å²) in [5.41, 5.74) is 4.31. The van der Waals surface area contributed by atoms with Crippen molar-refractivity contribution in [1.29, 1.82) is 0 Å². The lowest BCUT2D eigenvalue weighted by Gasteiger charge is -2.34. The Morgan fingerprint density at radius 3 is 2.40 bits per heavy atom. The standard InChI is InChI=1S/C27H28F2N6/c1-32-13-15-33(16-14-32)21-7-4-19(5-8-21)27-31-30-26-11-9-22(18-35(26)27)34-12-2-3-25(34)23-17-20(28)6-10-24(23)29/h4-11,17-18,25H,2-3,12-16H2,1H3/t25-/m1/s1. The quantitative estimate of drug-likeness (QED) is 0.426.